The number of rotatable bonds is 2. The van der Waals surface area contributed by atoms with Crippen LogP contribution in [-0.2, 0) is 9.59 Å². The molecule has 0 spiro atoms. The molecule has 3 saturated carbocycles. The van der Waals surface area contributed by atoms with Gasteiger partial charge in [-0.05, 0) is 63.0 Å². The molecule has 0 aromatic rings. The highest BCUT2D eigenvalue weighted by atomic mass is 16.3. The average Bonchev–Trinajstić information content (AvgIpc) is 2.87. The van der Waals surface area contributed by atoms with E-state index in [-0.39, 0.29) is 29.0 Å². The minimum absolute atomic E-state index is 0.0218. The second kappa shape index (κ2) is 5.85. The fourth-order valence-corrected chi connectivity index (χ4v) is 7.27. The molecule has 3 N–H and O–H groups in total. The summed E-state index contributed by atoms with van der Waals surface area (Å²) < 4.78 is 0. The molecule has 4 rings (SSSR count). The van der Waals surface area contributed by atoms with Gasteiger partial charge in [0.1, 0.15) is 12.2 Å². The van der Waals surface area contributed by atoms with Gasteiger partial charge in [0.05, 0.1) is 6.10 Å². The molecule has 0 amide bonds. The van der Waals surface area contributed by atoms with Crippen molar-refractivity contribution in [3.63, 3.8) is 0 Å². The van der Waals surface area contributed by atoms with E-state index in [2.05, 4.69) is 6.92 Å². The first-order chi connectivity index (χ1) is 12.6. The zero-order valence-corrected chi connectivity index (χ0v) is 16.4. The van der Waals surface area contributed by atoms with Crippen molar-refractivity contribution in [3.05, 3.63) is 23.3 Å². The second-order valence-electron chi connectivity index (χ2n) is 9.61. The molecule has 0 aliphatic heterocycles. The van der Waals surface area contributed by atoms with Crippen molar-refractivity contribution in [3.8, 4) is 0 Å². The molecule has 0 bridgehead atoms. The van der Waals surface area contributed by atoms with Gasteiger partial charge in [-0.1, -0.05) is 25.0 Å². The van der Waals surface area contributed by atoms with Crippen molar-refractivity contribution in [1.29, 1.82) is 0 Å². The second-order valence-corrected chi connectivity index (χ2v) is 9.61. The molecule has 4 aliphatic rings. The van der Waals surface area contributed by atoms with Crippen LogP contribution in [0, 0.1) is 28.6 Å². The van der Waals surface area contributed by atoms with Gasteiger partial charge in [-0.2, -0.15) is 0 Å². The zero-order valence-electron chi connectivity index (χ0n) is 16.4. The number of carbonyl (C=O) groups excluding carboxylic acids is 2. The van der Waals surface area contributed by atoms with Gasteiger partial charge in [0.25, 0.3) is 0 Å². The first-order valence-electron chi connectivity index (χ1n) is 10.1. The van der Waals surface area contributed by atoms with Gasteiger partial charge in [-0.25, -0.2) is 0 Å². The minimum atomic E-state index is -1.57. The summed E-state index contributed by atoms with van der Waals surface area (Å²) in [6, 6.07) is 0. The highest BCUT2D eigenvalue weighted by Crippen LogP contribution is 2.67. The molecule has 4 aliphatic carbocycles. The molecule has 0 saturated heterocycles. The summed E-state index contributed by atoms with van der Waals surface area (Å²) >= 11 is 0. The molecular weight excluding hydrogens is 344 g/mol. The predicted molar refractivity (Wildman–Crippen MR) is 99.7 cm³/mol. The summed E-state index contributed by atoms with van der Waals surface area (Å²) in [4.78, 5) is 24.4. The summed E-state index contributed by atoms with van der Waals surface area (Å²) in [5.74, 6) is -0.225. The van der Waals surface area contributed by atoms with E-state index in [1.54, 1.807) is 12.2 Å². The van der Waals surface area contributed by atoms with Crippen LogP contribution >= 0.6 is 0 Å². The van der Waals surface area contributed by atoms with E-state index in [9.17, 15) is 24.9 Å². The Balaban J connectivity index is 1.77. The van der Waals surface area contributed by atoms with Crippen molar-refractivity contribution < 1.29 is 24.9 Å². The molecule has 0 heterocycles. The monoisotopic (exact) mass is 374 g/mol. The minimum Gasteiger partial charge on any atom is -0.393 e. The molecule has 0 unspecified atom stereocenters. The van der Waals surface area contributed by atoms with Crippen LogP contribution in [0.2, 0.25) is 0 Å². The van der Waals surface area contributed by atoms with E-state index in [1.807, 2.05) is 13.8 Å². The first kappa shape index (κ1) is 19.0. The molecule has 5 nitrogen and oxygen atoms in total. The maximum atomic E-state index is 12.4. The lowest BCUT2D eigenvalue weighted by molar-refractivity contribution is -0.179. The Kier molecular flexibility index (Phi) is 4.12. The summed E-state index contributed by atoms with van der Waals surface area (Å²) in [6.07, 6.45) is 5.83. The molecule has 0 aromatic carbocycles. The van der Waals surface area contributed by atoms with E-state index < -0.39 is 29.5 Å². The molecule has 148 valence electrons. The Bertz CT molecular complexity index is 767. The largest absolute Gasteiger partial charge is 0.393 e. The average molecular weight is 374 g/mol. The lowest BCUT2D eigenvalue weighted by atomic mass is 9.45. The number of fused-ring (bicyclic) bond motifs is 5. The first-order valence-corrected chi connectivity index (χ1v) is 10.1. The van der Waals surface area contributed by atoms with Crippen molar-refractivity contribution in [1.82, 2.24) is 0 Å². The van der Waals surface area contributed by atoms with E-state index in [0.29, 0.717) is 12.8 Å². The third kappa shape index (κ3) is 2.22. The highest BCUT2D eigenvalue weighted by molar-refractivity contribution is 6.02. The van der Waals surface area contributed by atoms with Crippen LogP contribution in [0.15, 0.2) is 23.3 Å². The maximum Gasteiger partial charge on any atom is 0.190 e. The fraction of sp³-hybridized carbons (Fsp3) is 0.727. The van der Waals surface area contributed by atoms with Crippen molar-refractivity contribution in [2.24, 2.45) is 28.6 Å². The standard InChI is InChI=1S/C22H30O5/c1-12-8-14(24)9-13-4-5-15-16-6-7-22(27,18(26)11-23)20(16,2)10-17(25)19(15)21(12,13)3/h8-9,15-17,19,23,25,27H,4-7,10-11H2,1-3H3/t15-,16-,17-,19+,20-,21+,22-/m0/s1. The van der Waals surface area contributed by atoms with Gasteiger partial charge < -0.3 is 15.3 Å². The van der Waals surface area contributed by atoms with E-state index in [4.69, 9.17) is 0 Å². The number of aliphatic hydroxyl groups excluding tert-OH is 2. The molecule has 3 fully saturated rings. The van der Waals surface area contributed by atoms with Crippen LogP contribution in [0.1, 0.15) is 52.9 Å². The third-order valence-corrected chi connectivity index (χ3v) is 8.79. The predicted octanol–water partition coefficient (Wildman–Crippen LogP) is 1.95. The topological polar surface area (TPSA) is 94.8 Å². The normalized spacial score (nSPS) is 48.9. The number of carbonyl (C=O) groups is 2. The fourth-order valence-electron chi connectivity index (χ4n) is 7.27. The van der Waals surface area contributed by atoms with Crippen molar-refractivity contribution >= 4 is 11.6 Å². The van der Waals surface area contributed by atoms with Crippen molar-refractivity contribution in [2.75, 3.05) is 6.61 Å². The van der Waals surface area contributed by atoms with Crippen LogP contribution in [0.25, 0.3) is 0 Å². The Morgan fingerprint density at radius 1 is 1.26 bits per heavy atom. The Morgan fingerprint density at radius 3 is 2.63 bits per heavy atom. The van der Waals surface area contributed by atoms with Crippen LogP contribution in [0.4, 0.5) is 0 Å². The Hall–Kier alpha value is -1.30. The van der Waals surface area contributed by atoms with Gasteiger partial charge in [0.15, 0.2) is 11.6 Å². The molecule has 5 heteroatoms. The SMILES string of the molecule is CC1=CC(=O)C=C2CC[C@@H]3[C@H]([C@@H](O)C[C@@]4(C)[C@H]3CC[C@]4(O)C(=O)CO)[C@]12C. The lowest BCUT2D eigenvalue weighted by Gasteiger charge is -2.60. The van der Waals surface area contributed by atoms with Crippen LogP contribution < -0.4 is 0 Å². The van der Waals surface area contributed by atoms with Gasteiger partial charge >= 0.3 is 0 Å². The summed E-state index contributed by atoms with van der Waals surface area (Å²) in [5, 5.41) is 31.9. The molecule has 7 atom stereocenters. The molecule has 27 heavy (non-hydrogen) atoms. The number of ketones is 2. The number of Topliss-reactive ketones (excluding diaryl/α,β-unsaturated/α-hetero) is 1. The van der Waals surface area contributed by atoms with Gasteiger partial charge in [0, 0.05) is 16.7 Å². The molecule has 0 aromatic heterocycles. The maximum absolute atomic E-state index is 12.4. The van der Waals surface area contributed by atoms with Crippen molar-refractivity contribution in [2.45, 2.75) is 64.6 Å². The van der Waals surface area contributed by atoms with Gasteiger partial charge in [0.2, 0.25) is 0 Å². The number of hydrogen-bond acceptors (Lipinski definition) is 5. The van der Waals surface area contributed by atoms with E-state index >= 15 is 0 Å². The number of allylic oxidation sites excluding steroid dienone is 4. The third-order valence-electron chi connectivity index (χ3n) is 8.79. The summed E-state index contributed by atoms with van der Waals surface area (Å²) in [5.41, 5.74) is -0.534. The van der Waals surface area contributed by atoms with Gasteiger partial charge in [-0.15, -0.1) is 0 Å². The Morgan fingerprint density at radius 2 is 1.96 bits per heavy atom. The summed E-state index contributed by atoms with van der Waals surface area (Å²) in [6.45, 7) is 5.37. The van der Waals surface area contributed by atoms with E-state index in [0.717, 1.165) is 30.4 Å². The zero-order chi connectivity index (χ0) is 19.8. The molecular formula is C22H30O5. The Labute approximate surface area is 160 Å². The molecule has 0 radical (unpaired) electrons. The smallest absolute Gasteiger partial charge is 0.190 e. The van der Waals surface area contributed by atoms with Crippen LogP contribution in [0.3, 0.4) is 0 Å². The number of aliphatic hydroxyl groups is 3. The lowest BCUT2D eigenvalue weighted by Crippen LogP contribution is -2.62. The number of hydrogen-bond donors (Lipinski definition) is 3. The summed E-state index contributed by atoms with van der Waals surface area (Å²) in [7, 11) is 0. The highest BCUT2D eigenvalue weighted by Gasteiger charge is 2.68. The quantitative estimate of drug-likeness (QED) is 0.687. The van der Waals surface area contributed by atoms with E-state index in [1.165, 1.54) is 0 Å². The van der Waals surface area contributed by atoms with Crippen LogP contribution in [-0.4, -0.2) is 45.2 Å². The van der Waals surface area contributed by atoms with Crippen LogP contribution in [0.5, 0.6) is 0 Å². The van der Waals surface area contributed by atoms with Gasteiger partial charge in [-0.3, -0.25) is 9.59 Å².